The summed E-state index contributed by atoms with van der Waals surface area (Å²) in [5.41, 5.74) is 5.21. The van der Waals surface area contributed by atoms with Gasteiger partial charge in [0.1, 0.15) is 0 Å². The van der Waals surface area contributed by atoms with Gasteiger partial charge in [0.05, 0.1) is 5.04 Å². The third kappa shape index (κ3) is 2.87. The van der Waals surface area contributed by atoms with Crippen molar-refractivity contribution in [1.82, 2.24) is 0 Å². The fraction of sp³-hybridized carbons (Fsp3) is 0.750. The van der Waals surface area contributed by atoms with Crippen LogP contribution in [0.15, 0.2) is 5.10 Å². The lowest BCUT2D eigenvalue weighted by molar-refractivity contribution is 1.20. The highest BCUT2D eigenvalue weighted by Gasteiger charge is 1.90. The summed E-state index contributed by atoms with van der Waals surface area (Å²) in [5, 5.41) is 4.41. The standard InChI is InChI=1S/C4H11N3S/c1-2-4(7-6)8-3-5/h2-3,5-6H2,1H3/b7-4-. The molecule has 0 rings (SSSR count). The van der Waals surface area contributed by atoms with Crippen LogP contribution in [0.5, 0.6) is 0 Å². The van der Waals surface area contributed by atoms with E-state index in [0.717, 1.165) is 11.5 Å². The predicted molar refractivity (Wildman–Crippen MR) is 38.6 cm³/mol. The molecule has 3 nitrogen and oxygen atoms in total. The zero-order chi connectivity index (χ0) is 6.41. The Kier molecular flexibility index (Phi) is 4.79. The van der Waals surface area contributed by atoms with Gasteiger partial charge in [-0.25, -0.2) is 0 Å². The van der Waals surface area contributed by atoms with Gasteiger partial charge in [0, 0.05) is 5.88 Å². The zero-order valence-corrected chi connectivity index (χ0v) is 5.74. The first-order valence-corrected chi connectivity index (χ1v) is 3.43. The highest BCUT2D eigenvalue weighted by atomic mass is 32.2. The number of nitrogens with zero attached hydrogens (tertiary/aromatic N) is 1. The number of hydrogen-bond donors (Lipinski definition) is 2. The lowest BCUT2D eigenvalue weighted by Gasteiger charge is -1.94. The number of nitrogens with two attached hydrogens (primary N) is 2. The Morgan fingerprint density at radius 1 is 1.75 bits per heavy atom. The summed E-state index contributed by atoms with van der Waals surface area (Å²) >= 11 is 1.48. The van der Waals surface area contributed by atoms with Gasteiger partial charge < -0.3 is 11.6 Å². The molecule has 0 atom stereocenters. The Morgan fingerprint density at radius 3 is 2.50 bits per heavy atom. The molecule has 0 saturated heterocycles. The Balaban J connectivity index is 3.38. The van der Waals surface area contributed by atoms with Gasteiger partial charge in [-0.2, -0.15) is 5.10 Å². The van der Waals surface area contributed by atoms with Gasteiger partial charge in [-0.1, -0.05) is 18.7 Å². The van der Waals surface area contributed by atoms with Gasteiger partial charge in [-0.15, -0.1) is 0 Å². The fourth-order valence-electron chi connectivity index (χ4n) is 0.327. The molecule has 0 saturated carbocycles. The molecule has 0 heterocycles. The Labute approximate surface area is 53.5 Å². The second-order valence-corrected chi connectivity index (χ2v) is 2.28. The van der Waals surface area contributed by atoms with Crippen LogP contribution < -0.4 is 11.6 Å². The molecule has 8 heavy (non-hydrogen) atoms. The average molecular weight is 133 g/mol. The normalized spacial score (nSPS) is 12.0. The van der Waals surface area contributed by atoms with Crippen LogP contribution in [0.25, 0.3) is 0 Å². The minimum Gasteiger partial charge on any atom is -0.323 e. The number of hydrazone groups is 1. The minimum absolute atomic E-state index is 0.559. The first-order valence-electron chi connectivity index (χ1n) is 2.44. The van der Waals surface area contributed by atoms with Gasteiger partial charge in [0.25, 0.3) is 0 Å². The van der Waals surface area contributed by atoms with E-state index in [2.05, 4.69) is 5.10 Å². The smallest absolute Gasteiger partial charge is 0.0938 e. The second-order valence-electron chi connectivity index (χ2n) is 1.19. The van der Waals surface area contributed by atoms with Crippen LogP contribution in [0.2, 0.25) is 0 Å². The van der Waals surface area contributed by atoms with E-state index in [0.29, 0.717) is 5.88 Å². The van der Waals surface area contributed by atoms with E-state index in [9.17, 15) is 0 Å². The van der Waals surface area contributed by atoms with Crippen molar-refractivity contribution >= 4 is 16.8 Å². The summed E-state index contributed by atoms with van der Waals surface area (Å²) in [7, 11) is 0. The van der Waals surface area contributed by atoms with Crippen LogP contribution >= 0.6 is 11.8 Å². The predicted octanol–water partition coefficient (Wildman–Crippen LogP) is 0.318. The van der Waals surface area contributed by atoms with Gasteiger partial charge >= 0.3 is 0 Å². The van der Waals surface area contributed by atoms with Crippen LogP contribution in [0.3, 0.4) is 0 Å². The summed E-state index contributed by atoms with van der Waals surface area (Å²) in [6.07, 6.45) is 0.873. The van der Waals surface area contributed by atoms with Gasteiger partial charge in [0.15, 0.2) is 0 Å². The van der Waals surface area contributed by atoms with Crippen LogP contribution in [0, 0.1) is 0 Å². The van der Waals surface area contributed by atoms with E-state index in [1.165, 1.54) is 11.8 Å². The average Bonchev–Trinajstić information content (AvgIpc) is 1.83. The van der Waals surface area contributed by atoms with Crippen molar-refractivity contribution < 1.29 is 0 Å². The van der Waals surface area contributed by atoms with E-state index in [1.54, 1.807) is 0 Å². The molecule has 48 valence electrons. The maximum atomic E-state index is 5.21. The van der Waals surface area contributed by atoms with Crippen LogP contribution in [-0.4, -0.2) is 10.9 Å². The molecule has 0 aromatic carbocycles. The molecule has 0 aliphatic heterocycles. The molecule has 0 fully saturated rings. The van der Waals surface area contributed by atoms with Crippen LogP contribution in [-0.2, 0) is 0 Å². The van der Waals surface area contributed by atoms with Crippen molar-refractivity contribution in [2.45, 2.75) is 13.3 Å². The van der Waals surface area contributed by atoms with E-state index >= 15 is 0 Å². The molecule has 0 amide bonds. The molecule has 4 heteroatoms. The molecule has 0 radical (unpaired) electrons. The molecule has 0 aromatic heterocycles. The molecule has 4 N–H and O–H groups in total. The third-order valence-corrected chi connectivity index (χ3v) is 1.59. The van der Waals surface area contributed by atoms with Crippen molar-refractivity contribution in [2.75, 3.05) is 5.88 Å². The van der Waals surface area contributed by atoms with E-state index in [1.807, 2.05) is 6.92 Å². The second kappa shape index (κ2) is 4.93. The third-order valence-electron chi connectivity index (χ3n) is 0.696. The number of rotatable bonds is 2. The Bertz CT molecular complexity index is 81.4. The molecular formula is C4H11N3S. The lowest BCUT2D eigenvalue weighted by atomic mass is 10.5. The Morgan fingerprint density at radius 2 is 2.38 bits per heavy atom. The van der Waals surface area contributed by atoms with Crippen molar-refractivity contribution in [3.63, 3.8) is 0 Å². The fourth-order valence-corrected chi connectivity index (χ4v) is 0.798. The quantitative estimate of drug-likeness (QED) is 0.187. The summed E-state index contributed by atoms with van der Waals surface area (Å²) < 4.78 is 0. The summed E-state index contributed by atoms with van der Waals surface area (Å²) in [6.45, 7) is 1.99. The SMILES string of the molecule is CC/C(=N/N)SCN. The van der Waals surface area contributed by atoms with Gasteiger partial charge in [0.2, 0.25) is 0 Å². The van der Waals surface area contributed by atoms with E-state index in [-0.39, 0.29) is 0 Å². The van der Waals surface area contributed by atoms with Crippen molar-refractivity contribution in [3.05, 3.63) is 0 Å². The van der Waals surface area contributed by atoms with E-state index < -0.39 is 0 Å². The number of hydrogen-bond acceptors (Lipinski definition) is 4. The highest BCUT2D eigenvalue weighted by Crippen LogP contribution is 2.01. The topological polar surface area (TPSA) is 64.4 Å². The Hall–Kier alpha value is -0.220. The summed E-state index contributed by atoms with van der Waals surface area (Å²) in [5.74, 6) is 5.54. The molecule has 0 aliphatic rings. The monoisotopic (exact) mass is 133 g/mol. The molecule has 0 unspecified atom stereocenters. The zero-order valence-electron chi connectivity index (χ0n) is 4.92. The molecular weight excluding hydrogens is 122 g/mol. The first kappa shape index (κ1) is 7.78. The molecule has 0 bridgehead atoms. The van der Waals surface area contributed by atoms with Gasteiger partial charge in [-0.05, 0) is 6.42 Å². The highest BCUT2D eigenvalue weighted by molar-refractivity contribution is 8.13. The summed E-state index contributed by atoms with van der Waals surface area (Å²) in [4.78, 5) is 0. The largest absolute Gasteiger partial charge is 0.323 e. The maximum absolute atomic E-state index is 5.21. The maximum Gasteiger partial charge on any atom is 0.0938 e. The first-order chi connectivity index (χ1) is 3.85. The van der Waals surface area contributed by atoms with E-state index in [4.69, 9.17) is 11.6 Å². The number of thioether (sulfide) groups is 1. The van der Waals surface area contributed by atoms with Crippen LogP contribution in [0.1, 0.15) is 13.3 Å². The van der Waals surface area contributed by atoms with Crippen molar-refractivity contribution in [1.29, 1.82) is 0 Å². The molecule has 0 aliphatic carbocycles. The van der Waals surface area contributed by atoms with Crippen molar-refractivity contribution in [2.24, 2.45) is 16.7 Å². The molecule has 0 spiro atoms. The summed E-state index contributed by atoms with van der Waals surface area (Å²) in [6, 6.07) is 0. The van der Waals surface area contributed by atoms with Crippen molar-refractivity contribution in [3.8, 4) is 0 Å². The van der Waals surface area contributed by atoms with Gasteiger partial charge in [-0.3, -0.25) is 0 Å². The van der Waals surface area contributed by atoms with Crippen LogP contribution in [0.4, 0.5) is 0 Å². The lowest BCUT2D eigenvalue weighted by Crippen LogP contribution is -2.01. The minimum atomic E-state index is 0.559. The molecule has 0 aromatic rings.